The van der Waals surface area contributed by atoms with Crippen molar-refractivity contribution in [3.8, 4) is 5.75 Å². The van der Waals surface area contributed by atoms with Crippen molar-refractivity contribution in [3.05, 3.63) is 29.5 Å². The predicted molar refractivity (Wildman–Crippen MR) is 65.9 cm³/mol. The van der Waals surface area contributed by atoms with Crippen LogP contribution in [-0.4, -0.2) is 41.7 Å². The Morgan fingerprint density at radius 3 is 3.00 bits per heavy atom. The van der Waals surface area contributed by atoms with Gasteiger partial charge in [0, 0.05) is 10.9 Å². The van der Waals surface area contributed by atoms with Crippen molar-refractivity contribution < 1.29 is 24.2 Å². The number of carbonyl (C=O) groups is 2. The first-order valence-corrected chi connectivity index (χ1v) is 5.77. The van der Waals surface area contributed by atoms with Crippen LogP contribution in [0, 0.1) is 0 Å². The SMILES string of the molecule is O=Cc1c(OCC2CO2)ccc2[nH]c(C(=O)O)cc12. The van der Waals surface area contributed by atoms with Crippen LogP contribution in [0.5, 0.6) is 5.75 Å². The maximum atomic E-state index is 11.2. The van der Waals surface area contributed by atoms with Crippen molar-refractivity contribution >= 4 is 23.2 Å². The summed E-state index contributed by atoms with van der Waals surface area (Å²) in [4.78, 5) is 24.9. The highest BCUT2D eigenvalue weighted by molar-refractivity contribution is 6.03. The summed E-state index contributed by atoms with van der Waals surface area (Å²) in [6.45, 7) is 1.06. The van der Waals surface area contributed by atoms with Gasteiger partial charge in [-0.2, -0.15) is 0 Å². The Balaban J connectivity index is 2.02. The summed E-state index contributed by atoms with van der Waals surface area (Å²) < 4.78 is 10.5. The number of ether oxygens (including phenoxy) is 2. The summed E-state index contributed by atoms with van der Waals surface area (Å²) in [5, 5.41) is 9.48. The van der Waals surface area contributed by atoms with Crippen LogP contribution >= 0.6 is 0 Å². The molecule has 6 heteroatoms. The van der Waals surface area contributed by atoms with Crippen molar-refractivity contribution in [3.63, 3.8) is 0 Å². The number of carboxylic acid groups (broad SMARTS) is 1. The molecule has 2 aromatic rings. The number of epoxide rings is 1. The molecule has 1 saturated heterocycles. The van der Waals surface area contributed by atoms with Gasteiger partial charge >= 0.3 is 5.97 Å². The van der Waals surface area contributed by atoms with Crippen molar-refractivity contribution in [2.24, 2.45) is 0 Å². The Hall–Kier alpha value is -2.34. The van der Waals surface area contributed by atoms with Gasteiger partial charge in [-0.15, -0.1) is 0 Å². The van der Waals surface area contributed by atoms with Gasteiger partial charge < -0.3 is 19.6 Å². The number of fused-ring (bicyclic) bond motifs is 1. The smallest absolute Gasteiger partial charge is 0.352 e. The number of rotatable bonds is 5. The summed E-state index contributed by atoms with van der Waals surface area (Å²) in [6, 6.07) is 4.77. The molecule has 0 amide bonds. The minimum atomic E-state index is -1.07. The van der Waals surface area contributed by atoms with Gasteiger partial charge in [-0.05, 0) is 18.2 Å². The average molecular weight is 261 g/mol. The van der Waals surface area contributed by atoms with E-state index in [4.69, 9.17) is 14.6 Å². The fourth-order valence-electron chi connectivity index (χ4n) is 1.92. The third-order valence-electron chi connectivity index (χ3n) is 2.98. The van der Waals surface area contributed by atoms with Crippen LogP contribution in [0.1, 0.15) is 20.8 Å². The number of carbonyl (C=O) groups excluding carboxylic acids is 1. The summed E-state index contributed by atoms with van der Waals surface area (Å²) in [5.41, 5.74) is 0.984. The highest BCUT2D eigenvalue weighted by Gasteiger charge is 2.24. The molecular weight excluding hydrogens is 250 g/mol. The molecule has 2 heterocycles. The number of hydrogen-bond donors (Lipinski definition) is 2. The zero-order valence-electron chi connectivity index (χ0n) is 9.88. The highest BCUT2D eigenvalue weighted by Crippen LogP contribution is 2.28. The van der Waals surface area contributed by atoms with E-state index in [1.165, 1.54) is 6.07 Å². The Labute approximate surface area is 107 Å². The molecule has 1 fully saturated rings. The maximum Gasteiger partial charge on any atom is 0.352 e. The third-order valence-corrected chi connectivity index (χ3v) is 2.98. The first-order valence-electron chi connectivity index (χ1n) is 5.77. The number of carboxylic acids is 1. The molecule has 0 bridgehead atoms. The standard InChI is InChI=1S/C13H11NO5/c15-4-9-8-3-11(13(16)17)14-10(8)1-2-12(9)19-6-7-5-18-7/h1-4,7,14H,5-6H2,(H,16,17). The van der Waals surface area contributed by atoms with Crippen LogP contribution in [0.15, 0.2) is 18.2 Å². The summed E-state index contributed by atoms with van der Waals surface area (Å²) in [6.07, 6.45) is 0.765. The molecule has 0 radical (unpaired) electrons. The first kappa shape index (κ1) is 11.7. The summed E-state index contributed by atoms with van der Waals surface area (Å²) in [5.74, 6) is -0.629. The van der Waals surface area contributed by atoms with E-state index < -0.39 is 5.97 Å². The van der Waals surface area contributed by atoms with Gasteiger partial charge in [0.05, 0.1) is 12.2 Å². The minimum Gasteiger partial charge on any atom is -0.490 e. The van der Waals surface area contributed by atoms with Crippen LogP contribution in [-0.2, 0) is 4.74 Å². The Bertz CT molecular complexity index is 656. The van der Waals surface area contributed by atoms with Gasteiger partial charge in [0.15, 0.2) is 6.29 Å². The summed E-state index contributed by atoms with van der Waals surface area (Å²) in [7, 11) is 0. The second-order valence-electron chi connectivity index (χ2n) is 4.31. The molecule has 98 valence electrons. The molecule has 0 saturated carbocycles. The summed E-state index contributed by atoms with van der Waals surface area (Å²) >= 11 is 0. The second kappa shape index (κ2) is 4.40. The molecule has 3 rings (SSSR count). The van der Waals surface area contributed by atoms with Crippen LogP contribution < -0.4 is 4.74 Å². The maximum absolute atomic E-state index is 11.2. The monoisotopic (exact) mass is 261 g/mol. The molecule has 1 aromatic heterocycles. The lowest BCUT2D eigenvalue weighted by Crippen LogP contribution is -2.05. The minimum absolute atomic E-state index is 0.0424. The van der Waals surface area contributed by atoms with Gasteiger partial charge in [-0.25, -0.2) is 4.79 Å². The van der Waals surface area contributed by atoms with E-state index in [1.807, 2.05) is 0 Å². The lowest BCUT2D eigenvalue weighted by atomic mass is 10.1. The molecule has 2 N–H and O–H groups in total. The van der Waals surface area contributed by atoms with E-state index in [0.717, 1.165) is 0 Å². The number of hydrogen-bond acceptors (Lipinski definition) is 4. The van der Waals surface area contributed by atoms with E-state index in [-0.39, 0.29) is 11.8 Å². The van der Waals surface area contributed by atoms with Crippen LogP contribution in [0.25, 0.3) is 10.9 Å². The quantitative estimate of drug-likeness (QED) is 0.628. The molecule has 0 aliphatic carbocycles. The van der Waals surface area contributed by atoms with E-state index in [0.29, 0.717) is 41.7 Å². The predicted octanol–water partition coefficient (Wildman–Crippen LogP) is 1.46. The average Bonchev–Trinajstić information content (AvgIpc) is 3.12. The topological polar surface area (TPSA) is 91.9 Å². The molecule has 1 aliphatic rings. The van der Waals surface area contributed by atoms with Gasteiger partial charge in [-0.1, -0.05) is 0 Å². The van der Waals surface area contributed by atoms with Crippen molar-refractivity contribution in [1.29, 1.82) is 0 Å². The zero-order chi connectivity index (χ0) is 13.4. The number of nitrogens with one attached hydrogen (secondary N) is 1. The number of aldehydes is 1. The van der Waals surface area contributed by atoms with Gasteiger partial charge in [0.2, 0.25) is 0 Å². The zero-order valence-corrected chi connectivity index (χ0v) is 9.88. The number of aromatic carboxylic acids is 1. The van der Waals surface area contributed by atoms with Gasteiger partial charge in [-0.3, -0.25) is 4.79 Å². The molecule has 19 heavy (non-hydrogen) atoms. The first-order chi connectivity index (χ1) is 9.19. The van der Waals surface area contributed by atoms with Crippen LogP contribution in [0.2, 0.25) is 0 Å². The van der Waals surface area contributed by atoms with E-state index in [9.17, 15) is 9.59 Å². The van der Waals surface area contributed by atoms with Crippen LogP contribution in [0.4, 0.5) is 0 Å². The molecule has 1 aromatic carbocycles. The van der Waals surface area contributed by atoms with Crippen molar-refractivity contribution in [1.82, 2.24) is 4.98 Å². The Kier molecular flexibility index (Phi) is 2.72. The fourth-order valence-corrected chi connectivity index (χ4v) is 1.92. The van der Waals surface area contributed by atoms with E-state index in [2.05, 4.69) is 4.98 Å². The molecule has 6 nitrogen and oxygen atoms in total. The van der Waals surface area contributed by atoms with Crippen molar-refractivity contribution in [2.45, 2.75) is 6.10 Å². The van der Waals surface area contributed by atoms with Crippen LogP contribution in [0.3, 0.4) is 0 Å². The molecule has 1 atom stereocenters. The molecule has 0 spiro atoms. The third kappa shape index (κ3) is 2.17. The lowest BCUT2D eigenvalue weighted by molar-refractivity contribution is 0.0691. The number of aromatic nitrogens is 1. The number of H-pyrrole nitrogens is 1. The Morgan fingerprint density at radius 2 is 2.37 bits per heavy atom. The highest BCUT2D eigenvalue weighted by atomic mass is 16.6. The van der Waals surface area contributed by atoms with E-state index in [1.54, 1.807) is 12.1 Å². The lowest BCUT2D eigenvalue weighted by Gasteiger charge is -2.07. The molecule has 1 unspecified atom stereocenters. The van der Waals surface area contributed by atoms with Gasteiger partial charge in [0.1, 0.15) is 24.2 Å². The molecule has 1 aliphatic heterocycles. The normalized spacial score (nSPS) is 17.4. The molecular formula is C13H11NO5. The van der Waals surface area contributed by atoms with E-state index >= 15 is 0 Å². The largest absolute Gasteiger partial charge is 0.490 e. The number of aromatic amines is 1. The fraction of sp³-hybridized carbons (Fsp3) is 0.231. The number of benzene rings is 1. The van der Waals surface area contributed by atoms with Gasteiger partial charge in [0.25, 0.3) is 0 Å². The Morgan fingerprint density at radius 1 is 1.58 bits per heavy atom. The van der Waals surface area contributed by atoms with Crippen molar-refractivity contribution in [2.75, 3.05) is 13.2 Å². The second-order valence-corrected chi connectivity index (χ2v) is 4.31.